The third kappa shape index (κ3) is 5.80. The van der Waals surface area contributed by atoms with Gasteiger partial charge in [-0.25, -0.2) is 17.2 Å². The minimum Gasteiger partial charge on any atom is -0.457 e. The van der Waals surface area contributed by atoms with Gasteiger partial charge in [0.2, 0.25) is 5.91 Å². The summed E-state index contributed by atoms with van der Waals surface area (Å²) in [5.41, 5.74) is 0.932. The third-order valence-electron chi connectivity index (χ3n) is 5.95. The number of nitrogens with zero attached hydrogens (tertiary/aromatic N) is 1. The van der Waals surface area contributed by atoms with Crippen LogP contribution in [0.2, 0.25) is 0 Å². The predicted octanol–water partition coefficient (Wildman–Crippen LogP) is 5.15. The van der Waals surface area contributed by atoms with Crippen molar-refractivity contribution in [3.63, 3.8) is 0 Å². The van der Waals surface area contributed by atoms with E-state index in [0.717, 1.165) is 17.7 Å². The Balaban J connectivity index is 1.29. The molecule has 178 valence electrons. The van der Waals surface area contributed by atoms with Crippen molar-refractivity contribution in [1.82, 2.24) is 4.90 Å². The Labute approximate surface area is 197 Å². The van der Waals surface area contributed by atoms with Crippen molar-refractivity contribution in [2.24, 2.45) is 0 Å². The van der Waals surface area contributed by atoms with Gasteiger partial charge in [0.05, 0.1) is 10.1 Å². The molecular formula is C26H25F2NO4S. The lowest BCUT2D eigenvalue weighted by molar-refractivity contribution is -0.132. The number of piperidine rings is 1. The Hall–Kier alpha value is -3.26. The van der Waals surface area contributed by atoms with Crippen molar-refractivity contribution in [3.8, 4) is 11.5 Å². The second-order valence-electron chi connectivity index (χ2n) is 8.28. The maximum absolute atomic E-state index is 13.1. The largest absolute Gasteiger partial charge is 0.457 e. The quantitative estimate of drug-likeness (QED) is 0.434. The number of aryl methyl sites for hydroxylation is 1. The molecule has 0 radical (unpaired) electrons. The highest BCUT2D eigenvalue weighted by Gasteiger charge is 2.32. The van der Waals surface area contributed by atoms with E-state index in [0.29, 0.717) is 50.3 Å². The first-order chi connectivity index (χ1) is 16.3. The highest BCUT2D eigenvalue weighted by molar-refractivity contribution is 7.92. The van der Waals surface area contributed by atoms with E-state index in [1.807, 2.05) is 18.2 Å². The number of rotatable bonds is 7. The lowest BCUT2D eigenvalue weighted by Gasteiger charge is -2.32. The Bertz CT molecular complexity index is 1240. The minimum absolute atomic E-state index is 0.0255. The monoisotopic (exact) mass is 485 g/mol. The number of sulfone groups is 1. The SMILES string of the molecule is O=C(CCc1cccc(Oc2ccc(F)cc2)c1)N1CCC(S(=O)(=O)c2ccc(F)cc2)CC1. The molecule has 8 heteroatoms. The van der Waals surface area contributed by atoms with Crippen LogP contribution in [0.15, 0.2) is 77.7 Å². The Morgan fingerprint density at radius 3 is 2.15 bits per heavy atom. The van der Waals surface area contributed by atoms with E-state index in [9.17, 15) is 22.0 Å². The summed E-state index contributed by atoms with van der Waals surface area (Å²) < 4.78 is 57.5. The molecule has 5 nitrogen and oxygen atoms in total. The molecule has 0 bridgehead atoms. The molecule has 3 aromatic rings. The molecule has 1 aliphatic rings. The summed E-state index contributed by atoms with van der Waals surface area (Å²) in [6.07, 6.45) is 1.53. The number of likely N-dealkylation sites (tertiary alicyclic amines) is 1. The molecule has 1 aliphatic heterocycles. The molecular weight excluding hydrogens is 460 g/mol. The molecule has 1 heterocycles. The normalized spacial score (nSPS) is 14.7. The van der Waals surface area contributed by atoms with Crippen LogP contribution in [0.3, 0.4) is 0 Å². The maximum atomic E-state index is 13.1. The van der Waals surface area contributed by atoms with Gasteiger partial charge < -0.3 is 9.64 Å². The summed E-state index contributed by atoms with van der Waals surface area (Å²) in [5, 5.41) is -0.581. The first-order valence-electron chi connectivity index (χ1n) is 11.1. The molecule has 0 spiro atoms. The van der Waals surface area contributed by atoms with Crippen LogP contribution < -0.4 is 4.74 Å². The van der Waals surface area contributed by atoms with Crippen molar-refractivity contribution in [1.29, 1.82) is 0 Å². The summed E-state index contributed by atoms with van der Waals surface area (Å²) in [7, 11) is -3.56. The number of halogens is 2. The molecule has 1 saturated heterocycles. The van der Waals surface area contributed by atoms with E-state index in [1.54, 1.807) is 23.1 Å². The van der Waals surface area contributed by atoms with Crippen LogP contribution in [0.25, 0.3) is 0 Å². The number of benzene rings is 3. The first kappa shape index (κ1) is 23.9. The summed E-state index contributed by atoms with van der Waals surface area (Å²) in [6, 6.07) is 18.0. The van der Waals surface area contributed by atoms with E-state index >= 15 is 0 Å². The van der Waals surface area contributed by atoms with Gasteiger partial charge in [0, 0.05) is 19.5 Å². The zero-order valence-electron chi connectivity index (χ0n) is 18.5. The van der Waals surface area contributed by atoms with Crippen LogP contribution in [0, 0.1) is 11.6 Å². The molecule has 0 atom stereocenters. The highest BCUT2D eigenvalue weighted by Crippen LogP contribution is 2.26. The fraction of sp³-hybridized carbons (Fsp3) is 0.269. The second kappa shape index (κ2) is 10.3. The average molecular weight is 486 g/mol. The number of ether oxygens (including phenoxy) is 1. The van der Waals surface area contributed by atoms with Crippen LogP contribution in [0.5, 0.6) is 11.5 Å². The van der Waals surface area contributed by atoms with E-state index < -0.39 is 20.9 Å². The van der Waals surface area contributed by atoms with Crippen LogP contribution in [-0.4, -0.2) is 37.6 Å². The van der Waals surface area contributed by atoms with Gasteiger partial charge in [-0.15, -0.1) is 0 Å². The van der Waals surface area contributed by atoms with E-state index in [-0.39, 0.29) is 16.6 Å². The number of hydrogen-bond donors (Lipinski definition) is 0. The van der Waals surface area contributed by atoms with Crippen molar-refractivity contribution >= 4 is 15.7 Å². The molecule has 1 fully saturated rings. The van der Waals surface area contributed by atoms with Gasteiger partial charge in [-0.05, 0) is 85.5 Å². The molecule has 3 aromatic carbocycles. The zero-order valence-corrected chi connectivity index (χ0v) is 19.3. The lowest BCUT2D eigenvalue weighted by atomic mass is 10.1. The molecule has 1 amide bonds. The lowest BCUT2D eigenvalue weighted by Crippen LogP contribution is -2.42. The Morgan fingerprint density at radius 2 is 1.50 bits per heavy atom. The summed E-state index contributed by atoms with van der Waals surface area (Å²) in [6.45, 7) is 0.745. The van der Waals surface area contributed by atoms with Crippen LogP contribution in [0.4, 0.5) is 8.78 Å². The average Bonchev–Trinajstić information content (AvgIpc) is 2.84. The summed E-state index contributed by atoms with van der Waals surface area (Å²) in [4.78, 5) is 14.5. The molecule has 0 N–H and O–H groups in total. The van der Waals surface area contributed by atoms with Gasteiger partial charge in [-0.1, -0.05) is 12.1 Å². The first-order valence-corrected chi connectivity index (χ1v) is 12.7. The van der Waals surface area contributed by atoms with E-state index in [2.05, 4.69) is 0 Å². The molecule has 0 aromatic heterocycles. The van der Waals surface area contributed by atoms with Crippen molar-refractivity contribution < 1.29 is 26.7 Å². The molecule has 0 unspecified atom stereocenters. The molecule has 4 rings (SSSR count). The zero-order chi connectivity index (χ0) is 24.1. The third-order valence-corrected chi connectivity index (χ3v) is 8.23. The Kier molecular flexibility index (Phi) is 7.26. The van der Waals surface area contributed by atoms with Crippen LogP contribution in [-0.2, 0) is 21.1 Å². The van der Waals surface area contributed by atoms with Gasteiger partial charge in [0.25, 0.3) is 0 Å². The molecule has 0 aliphatic carbocycles. The van der Waals surface area contributed by atoms with Crippen molar-refractivity contribution in [2.45, 2.75) is 35.8 Å². The molecule has 34 heavy (non-hydrogen) atoms. The smallest absolute Gasteiger partial charge is 0.222 e. The fourth-order valence-electron chi connectivity index (χ4n) is 4.04. The number of amides is 1. The maximum Gasteiger partial charge on any atom is 0.222 e. The van der Waals surface area contributed by atoms with E-state index in [1.165, 1.54) is 24.3 Å². The van der Waals surface area contributed by atoms with Gasteiger partial charge in [-0.2, -0.15) is 0 Å². The standard InChI is InChI=1S/C26H25F2NO4S/c27-20-5-9-22(10-6-20)33-23-3-1-2-19(18-23)4-13-26(30)29-16-14-25(15-17-29)34(31,32)24-11-7-21(28)8-12-24/h1-3,5-12,18,25H,4,13-17H2. The van der Waals surface area contributed by atoms with Crippen LogP contribution in [0.1, 0.15) is 24.8 Å². The summed E-state index contributed by atoms with van der Waals surface area (Å²) in [5.74, 6) is 0.280. The Morgan fingerprint density at radius 1 is 0.882 bits per heavy atom. The number of carbonyl (C=O) groups excluding carboxylic acids is 1. The number of hydrogen-bond acceptors (Lipinski definition) is 4. The predicted molar refractivity (Wildman–Crippen MR) is 124 cm³/mol. The fourth-order valence-corrected chi connectivity index (χ4v) is 5.78. The van der Waals surface area contributed by atoms with Gasteiger partial charge in [-0.3, -0.25) is 4.79 Å². The highest BCUT2D eigenvalue weighted by atomic mass is 32.2. The summed E-state index contributed by atoms with van der Waals surface area (Å²) >= 11 is 0. The van der Waals surface area contributed by atoms with Gasteiger partial charge in [0.15, 0.2) is 9.84 Å². The molecule has 0 saturated carbocycles. The minimum atomic E-state index is -3.56. The second-order valence-corrected chi connectivity index (χ2v) is 10.5. The van der Waals surface area contributed by atoms with Crippen molar-refractivity contribution in [3.05, 3.63) is 90.0 Å². The number of carbonyl (C=O) groups is 1. The van der Waals surface area contributed by atoms with Crippen molar-refractivity contribution in [2.75, 3.05) is 13.1 Å². The van der Waals surface area contributed by atoms with Crippen LogP contribution >= 0.6 is 0 Å². The van der Waals surface area contributed by atoms with Gasteiger partial charge in [0.1, 0.15) is 23.1 Å². The van der Waals surface area contributed by atoms with Gasteiger partial charge >= 0.3 is 0 Å². The topological polar surface area (TPSA) is 63.7 Å². The van der Waals surface area contributed by atoms with E-state index in [4.69, 9.17) is 4.74 Å².